The Bertz CT molecular complexity index is 656. The number of hydrogen-bond acceptors (Lipinski definition) is 5. The fourth-order valence-corrected chi connectivity index (χ4v) is 4.24. The number of rotatable bonds is 7. The van der Waals surface area contributed by atoms with Crippen LogP contribution in [0.1, 0.15) is 19.3 Å². The maximum absolute atomic E-state index is 12.8. The van der Waals surface area contributed by atoms with Gasteiger partial charge in [0, 0.05) is 25.8 Å². The van der Waals surface area contributed by atoms with E-state index in [0.717, 1.165) is 13.0 Å². The molecular formula is C16H23NO5S. The van der Waals surface area contributed by atoms with Gasteiger partial charge < -0.3 is 14.2 Å². The average molecular weight is 341 g/mol. The van der Waals surface area contributed by atoms with Crippen LogP contribution in [0.4, 0.5) is 0 Å². The van der Waals surface area contributed by atoms with Crippen molar-refractivity contribution in [2.75, 3.05) is 33.9 Å². The fraction of sp³-hybridized carbons (Fsp3) is 0.625. The minimum atomic E-state index is -3.53. The van der Waals surface area contributed by atoms with Crippen LogP contribution in [0.5, 0.6) is 11.5 Å². The van der Waals surface area contributed by atoms with Crippen molar-refractivity contribution in [1.29, 1.82) is 0 Å². The third kappa shape index (κ3) is 3.62. The molecule has 128 valence electrons. The molecule has 1 unspecified atom stereocenters. The molecule has 23 heavy (non-hydrogen) atoms. The number of benzene rings is 1. The van der Waals surface area contributed by atoms with Gasteiger partial charge in [0.15, 0.2) is 11.5 Å². The molecule has 2 fully saturated rings. The van der Waals surface area contributed by atoms with Gasteiger partial charge in [-0.1, -0.05) is 0 Å². The molecule has 1 heterocycles. The number of nitrogens with zero attached hydrogens (tertiary/aromatic N) is 1. The Hall–Kier alpha value is -1.31. The van der Waals surface area contributed by atoms with Crippen molar-refractivity contribution in [1.82, 2.24) is 4.31 Å². The SMILES string of the molecule is COc1ccc(S(=O)(=O)N2CCC(OCC3CC3)C2)cc1OC. The van der Waals surface area contributed by atoms with Crippen LogP contribution < -0.4 is 9.47 Å². The predicted molar refractivity (Wildman–Crippen MR) is 85.4 cm³/mol. The van der Waals surface area contributed by atoms with Crippen molar-refractivity contribution < 1.29 is 22.6 Å². The lowest BCUT2D eigenvalue weighted by Crippen LogP contribution is -2.30. The van der Waals surface area contributed by atoms with E-state index in [9.17, 15) is 8.42 Å². The Morgan fingerprint density at radius 2 is 1.87 bits per heavy atom. The van der Waals surface area contributed by atoms with Crippen molar-refractivity contribution >= 4 is 10.0 Å². The van der Waals surface area contributed by atoms with Crippen molar-refractivity contribution in [3.63, 3.8) is 0 Å². The van der Waals surface area contributed by atoms with Crippen LogP contribution in [0.2, 0.25) is 0 Å². The second kappa shape index (κ2) is 6.67. The second-order valence-electron chi connectivity index (χ2n) is 6.07. The van der Waals surface area contributed by atoms with Gasteiger partial charge in [-0.3, -0.25) is 0 Å². The van der Waals surface area contributed by atoms with Crippen LogP contribution in [0.15, 0.2) is 23.1 Å². The molecule has 1 aromatic rings. The minimum Gasteiger partial charge on any atom is -0.493 e. The molecule has 0 amide bonds. The number of methoxy groups -OCH3 is 2. The smallest absolute Gasteiger partial charge is 0.243 e. The lowest BCUT2D eigenvalue weighted by molar-refractivity contribution is 0.0561. The van der Waals surface area contributed by atoms with E-state index in [1.807, 2.05) is 0 Å². The molecule has 0 radical (unpaired) electrons. The summed E-state index contributed by atoms with van der Waals surface area (Å²) in [4.78, 5) is 0.220. The Morgan fingerprint density at radius 3 is 2.52 bits per heavy atom. The van der Waals surface area contributed by atoms with Gasteiger partial charge in [-0.25, -0.2) is 8.42 Å². The summed E-state index contributed by atoms with van der Waals surface area (Å²) in [7, 11) is -0.520. The summed E-state index contributed by atoms with van der Waals surface area (Å²) in [6, 6.07) is 4.67. The van der Waals surface area contributed by atoms with Gasteiger partial charge in [-0.15, -0.1) is 0 Å². The number of ether oxygens (including phenoxy) is 3. The summed E-state index contributed by atoms with van der Waals surface area (Å²) in [5.41, 5.74) is 0. The molecule has 0 aromatic heterocycles. The van der Waals surface area contributed by atoms with E-state index in [2.05, 4.69) is 0 Å². The van der Waals surface area contributed by atoms with Gasteiger partial charge in [0.2, 0.25) is 10.0 Å². The van der Waals surface area contributed by atoms with E-state index in [1.165, 1.54) is 37.4 Å². The maximum Gasteiger partial charge on any atom is 0.243 e. The lowest BCUT2D eigenvalue weighted by atomic mass is 10.3. The fourth-order valence-electron chi connectivity index (χ4n) is 2.73. The highest BCUT2D eigenvalue weighted by Gasteiger charge is 2.34. The Kier molecular flexibility index (Phi) is 4.79. The van der Waals surface area contributed by atoms with Gasteiger partial charge >= 0.3 is 0 Å². The molecule has 0 spiro atoms. The number of hydrogen-bond donors (Lipinski definition) is 0. The average Bonchev–Trinajstić information content (AvgIpc) is 3.27. The first-order chi connectivity index (χ1) is 11.0. The Labute approximate surface area is 137 Å². The molecular weight excluding hydrogens is 318 g/mol. The van der Waals surface area contributed by atoms with E-state index in [0.29, 0.717) is 30.5 Å². The van der Waals surface area contributed by atoms with E-state index in [-0.39, 0.29) is 11.0 Å². The Morgan fingerprint density at radius 1 is 1.13 bits per heavy atom. The normalized spacial score (nSPS) is 22.3. The van der Waals surface area contributed by atoms with Crippen LogP contribution in [-0.2, 0) is 14.8 Å². The molecule has 1 saturated heterocycles. The molecule has 3 rings (SSSR count). The minimum absolute atomic E-state index is 0.00511. The first kappa shape index (κ1) is 16.5. The summed E-state index contributed by atoms with van der Waals surface area (Å²) in [6.07, 6.45) is 3.23. The van der Waals surface area contributed by atoms with Crippen molar-refractivity contribution in [2.45, 2.75) is 30.3 Å². The highest BCUT2D eigenvalue weighted by Crippen LogP contribution is 2.33. The zero-order valence-electron chi connectivity index (χ0n) is 13.5. The highest BCUT2D eigenvalue weighted by molar-refractivity contribution is 7.89. The van der Waals surface area contributed by atoms with Crippen molar-refractivity contribution in [2.24, 2.45) is 5.92 Å². The number of sulfonamides is 1. The van der Waals surface area contributed by atoms with Crippen LogP contribution >= 0.6 is 0 Å². The second-order valence-corrected chi connectivity index (χ2v) is 8.01. The van der Waals surface area contributed by atoms with Gasteiger partial charge in [0.05, 0.1) is 25.2 Å². The van der Waals surface area contributed by atoms with E-state index < -0.39 is 10.0 Å². The largest absolute Gasteiger partial charge is 0.493 e. The lowest BCUT2D eigenvalue weighted by Gasteiger charge is -2.18. The first-order valence-corrected chi connectivity index (χ1v) is 9.32. The van der Waals surface area contributed by atoms with Crippen LogP contribution in [0.3, 0.4) is 0 Å². The summed E-state index contributed by atoms with van der Waals surface area (Å²) in [5, 5.41) is 0. The molecule has 6 nitrogen and oxygen atoms in total. The highest BCUT2D eigenvalue weighted by atomic mass is 32.2. The van der Waals surface area contributed by atoms with E-state index in [4.69, 9.17) is 14.2 Å². The van der Waals surface area contributed by atoms with E-state index >= 15 is 0 Å². The zero-order chi connectivity index (χ0) is 16.4. The standard InChI is InChI=1S/C16H23NO5S/c1-20-15-6-5-14(9-16(15)21-2)23(18,19)17-8-7-13(10-17)22-11-12-3-4-12/h5-6,9,12-13H,3-4,7-8,10-11H2,1-2H3. The molecule has 0 bridgehead atoms. The van der Waals surface area contributed by atoms with Gasteiger partial charge in [0.25, 0.3) is 0 Å². The predicted octanol–water partition coefficient (Wildman–Crippen LogP) is 1.89. The third-order valence-corrected chi connectivity index (χ3v) is 6.23. The molecule has 1 atom stereocenters. The summed E-state index contributed by atoms with van der Waals surface area (Å²) >= 11 is 0. The van der Waals surface area contributed by atoms with Gasteiger partial charge in [0.1, 0.15) is 0 Å². The molecule has 0 N–H and O–H groups in total. The summed E-state index contributed by atoms with van der Waals surface area (Å²) in [5.74, 6) is 1.61. The molecule has 1 aromatic carbocycles. The van der Waals surface area contributed by atoms with E-state index in [1.54, 1.807) is 12.1 Å². The topological polar surface area (TPSA) is 65.1 Å². The van der Waals surface area contributed by atoms with Crippen LogP contribution in [0.25, 0.3) is 0 Å². The molecule has 2 aliphatic rings. The summed E-state index contributed by atoms with van der Waals surface area (Å²) < 4.78 is 43.2. The quantitative estimate of drug-likeness (QED) is 0.758. The monoisotopic (exact) mass is 341 g/mol. The molecule has 1 aliphatic heterocycles. The Balaban J connectivity index is 1.71. The van der Waals surface area contributed by atoms with Crippen LogP contribution in [0, 0.1) is 5.92 Å². The van der Waals surface area contributed by atoms with Crippen molar-refractivity contribution in [3.05, 3.63) is 18.2 Å². The third-order valence-electron chi connectivity index (χ3n) is 4.37. The summed E-state index contributed by atoms with van der Waals surface area (Å²) in [6.45, 7) is 1.67. The maximum atomic E-state index is 12.8. The van der Waals surface area contributed by atoms with Gasteiger partial charge in [-0.05, 0) is 37.3 Å². The van der Waals surface area contributed by atoms with Gasteiger partial charge in [-0.2, -0.15) is 4.31 Å². The first-order valence-electron chi connectivity index (χ1n) is 7.88. The molecule has 1 saturated carbocycles. The molecule has 1 aliphatic carbocycles. The van der Waals surface area contributed by atoms with Crippen molar-refractivity contribution in [3.8, 4) is 11.5 Å². The van der Waals surface area contributed by atoms with Crippen LogP contribution in [-0.4, -0.2) is 52.7 Å². The molecule has 7 heteroatoms. The zero-order valence-corrected chi connectivity index (χ0v) is 14.3.